The summed E-state index contributed by atoms with van der Waals surface area (Å²) in [6.07, 6.45) is 2.33. The molecule has 1 rings (SSSR count). The Morgan fingerprint density at radius 1 is 1.47 bits per heavy atom. The fraction of sp³-hybridized carbons (Fsp3) is 0.833. The molecule has 0 radical (unpaired) electrons. The van der Waals surface area contributed by atoms with Gasteiger partial charge in [-0.2, -0.15) is 0 Å². The molecule has 3 N–H and O–H groups in total. The van der Waals surface area contributed by atoms with E-state index in [-0.39, 0.29) is 11.9 Å². The number of carbonyl (C=O) groups excluding carboxylic acids is 2. The minimum absolute atomic E-state index is 0.00231. The Morgan fingerprint density at radius 2 is 2.12 bits per heavy atom. The summed E-state index contributed by atoms with van der Waals surface area (Å²) in [5.41, 5.74) is 5.32. The summed E-state index contributed by atoms with van der Waals surface area (Å²) < 4.78 is 0. The van der Waals surface area contributed by atoms with Crippen LogP contribution < -0.4 is 11.1 Å². The molecule has 0 aromatic heterocycles. The highest BCUT2D eigenvalue weighted by Crippen LogP contribution is 2.19. The number of likely N-dealkylation sites (tertiary alicyclic amines) is 1. The van der Waals surface area contributed by atoms with Crippen LogP contribution in [0.25, 0.3) is 0 Å². The van der Waals surface area contributed by atoms with Crippen molar-refractivity contribution >= 4 is 11.8 Å². The Morgan fingerprint density at radius 3 is 2.59 bits per heavy atom. The predicted octanol–water partition coefficient (Wildman–Crippen LogP) is 0.0968. The van der Waals surface area contributed by atoms with E-state index < -0.39 is 11.9 Å². The summed E-state index contributed by atoms with van der Waals surface area (Å²) in [5, 5.41) is 3.03. The van der Waals surface area contributed by atoms with Crippen LogP contribution in [0.2, 0.25) is 0 Å². The average Bonchev–Trinajstić information content (AvgIpc) is 2.73. The van der Waals surface area contributed by atoms with E-state index in [1.54, 1.807) is 11.9 Å². The molecule has 2 unspecified atom stereocenters. The van der Waals surface area contributed by atoms with Gasteiger partial charge in [0.1, 0.15) is 6.04 Å². The Hall–Kier alpha value is -1.10. The molecule has 0 aliphatic carbocycles. The van der Waals surface area contributed by atoms with Crippen molar-refractivity contribution in [3.05, 3.63) is 0 Å². The molecular weight excluding hydrogens is 218 g/mol. The van der Waals surface area contributed by atoms with Crippen LogP contribution in [0.4, 0.5) is 0 Å². The zero-order valence-corrected chi connectivity index (χ0v) is 10.9. The van der Waals surface area contributed by atoms with Crippen molar-refractivity contribution in [1.29, 1.82) is 0 Å². The van der Waals surface area contributed by atoms with Gasteiger partial charge in [-0.05, 0) is 32.2 Å². The van der Waals surface area contributed by atoms with Crippen LogP contribution in [0.1, 0.15) is 33.1 Å². The molecule has 98 valence electrons. The van der Waals surface area contributed by atoms with Gasteiger partial charge in [-0.1, -0.05) is 13.8 Å². The summed E-state index contributed by atoms with van der Waals surface area (Å²) in [7, 11) is 1.78. The maximum Gasteiger partial charge on any atom is 0.240 e. The van der Waals surface area contributed by atoms with E-state index in [0.29, 0.717) is 18.9 Å². The minimum atomic E-state index is -0.412. The normalized spacial score (nSPS) is 21.9. The first-order chi connectivity index (χ1) is 7.97. The number of hydrogen-bond donors (Lipinski definition) is 2. The highest BCUT2D eigenvalue weighted by molar-refractivity contribution is 5.89. The molecule has 17 heavy (non-hydrogen) atoms. The van der Waals surface area contributed by atoms with Crippen molar-refractivity contribution in [1.82, 2.24) is 10.2 Å². The third-order valence-electron chi connectivity index (χ3n) is 3.22. The molecule has 1 saturated heterocycles. The van der Waals surface area contributed by atoms with Gasteiger partial charge in [-0.3, -0.25) is 9.59 Å². The molecule has 1 heterocycles. The van der Waals surface area contributed by atoms with Gasteiger partial charge in [0.05, 0.1) is 6.04 Å². The highest BCUT2D eigenvalue weighted by atomic mass is 16.2. The van der Waals surface area contributed by atoms with Gasteiger partial charge in [-0.25, -0.2) is 0 Å². The van der Waals surface area contributed by atoms with E-state index in [4.69, 9.17) is 5.73 Å². The number of rotatable bonds is 5. The number of nitrogens with one attached hydrogen (secondary N) is 1. The third kappa shape index (κ3) is 3.43. The number of likely N-dealkylation sites (N-methyl/N-ethyl adjacent to an activating group) is 1. The van der Waals surface area contributed by atoms with Crippen molar-refractivity contribution in [2.24, 2.45) is 11.7 Å². The first-order valence-electron chi connectivity index (χ1n) is 6.24. The summed E-state index contributed by atoms with van der Waals surface area (Å²) in [5.74, 6) is 0.0452. The zero-order valence-electron chi connectivity index (χ0n) is 10.9. The lowest BCUT2D eigenvalue weighted by Crippen LogP contribution is -2.51. The minimum Gasteiger partial charge on any atom is -0.368 e. The van der Waals surface area contributed by atoms with E-state index in [0.717, 1.165) is 12.8 Å². The van der Waals surface area contributed by atoms with Gasteiger partial charge < -0.3 is 16.0 Å². The lowest BCUT2D eigenvalue weighted by Gasteiger charge is -2.27. The van der Waals surface area contributed by atoms with Gasteiger partial charge >= 0.3 is 0 Å². The van der Waals surface area contributed by atoms with Crippen LogP contribution >= 0.6 is 0 Å². The van der Waals surface area contributed by atoms with Gasteiger partial charge in [0.15, 0.2) is 0 Å². The van der Waals surface area contributed by atoms with E-state index in [1.807, 2.05) is 0 Å². The predicted molar refractivity (Wildman–Crippen MR) is 66.2 cm³/mol. The number of amides is 2. The van der Waals surface area contributed by atoms with Gasteiger partial charge in [0.2, 0.25) is 11.8 Å². The van der Waals surface area contributed by atoms with Crippen LogP contribution in [-0.2, 0) is 9.59 Å². The quantitative estimate of drug-likeness (QED) is 0.716. The van der Waals surface area contributed by atoms with Crippen molar-refractivity contribution < 1.29 is 9.59 Å². The SMILES string of the molecule is CNC(CC(C)C)C(=O)N1CCCC1C(N)=O. The second-order valence-electron chi connectivity index (χ2n) is 5.06. The molecular formula is C12H23N3O2. The molecule has 0 aromatic rings. The molecule has 1 aliphatic rings. The molecule has 0 bridgehead atoms. The zero-order chi connectivity index (χ0) is 13.0. The Kier molecular flexibility index (Phi) is 4.93. The molecule has 1 aliphatic heterocycles. The molecule has 0 spiro atoms. The fourth-order valence-corrected chi connectivity index (χ4v) is 2.34. The topological polar surface area (TPSA) is 75.4 Å². The van der Waals surface area contributed by atoms with E-state index >= 15 is 0 Å². The molecule has 1 fully saturated rings. The van der Waals surface area contributed by atoms with Crippen LogP contribution in [0.15, 0.2) is 0 Å². The second-order valence-corrected chi connectivity index (χ2v) is 5.06. The molecule has 0 saturated carbocycles. The molecule has 2 atom stereocenters. The number of hydrogen-bond acceptors (Lipinski definition) is 3. The van der Waals surface area contributed by atoms with Crippen LogP contribution in [0.5, 0.6) is 0 Å². The molecule has 5 nitrogen and oxygen atoms in total. The molecule has 2 amide bonds. The van der Waals surface area contributed by atoms with Crippen molar-refractivity contribution in [2.45, 2.75) is 45.2 Å². The maximum absolute atomic E-state index is 12.3. The number of carbonyl (C=O) groups is 2. The smallest absolute Gasteiger partial charge is 0.240 e. The van der Waals surface area contributed by atoms with Gasteiger partial charge in [-0.15, -0.1) is 0 Å². The fourth-order valence-electron chi connectivity index (χ4n) is 2.34. The van der Waals surface area contributed by atoms with E-state index in [1.165, 1.54) is 0 Å². The first-order valence-corrected chi connectivity index (χ1v) is 6.24. The Balaban J connectivity index is 2.69. The van der Waals surface area contributed by atoms with E-state index in [2.05, 4.69) is 19.2 Å². The summed E-state index contributed by atoms with van der Waals surface area (Å²) in [6.45, 7) is 4.79. The number of primary amides is 1. The Bertz CT molecular complexity index is 291. The summed E-state index contributed by atoms with van der Waals surface area (Å²) in [4.78, 5) is 25.2. The summed E-state index contributed by atoms with van der Waals surface area (Å²) in [6, 6.07) is -0.625. The largest absolute Gasteiger partial charge is 0.368 e. The standard InChI is InChI=1S/C12H23N3O2/c1-8(2)7-9(14-3)12(17)15-6-4-5-10(15)11(13)16/h8-10,14H,4-7H2,1-3H3,(H2,13,16). The van der Waals surface area contributed by atoms with Crippen molar-refractivity contribution in [2.75, 3.05) is 13.6 Å². The van der Waals surface area contributed by atoms with Gasteiger partial charge in [0.25, 0.3) is 0 Å². The molecule has 0 aromatic carbocycles. The lowest BCUT2D eigenvalue weighted by molar-refractivity contribution is -0.139. The van der Waals surface area contributed by atoms with Crippen molar-refractivity contribution in [3.8, 4) is 0 Å². The van der Waals surface area contributed by atoms with Crippen LogP contribution in [0.3, 0.4) is 0 Å². The average molecular weight is 241 g/mol. The lowest BCUT2D eigenvalue weighted by atomic mass is 10.0. The first kappa shape index (κ1) is 14.0. The van der Waals surface area contributed by atoms with Crippen molar-refractivity contribution in [3.63, 3.8) is 0 Å². The maximum atomic E-state index is 12.3. The highest BCUT2D eigenvalue weighted by Gasteiger charge is 2.35. The number of nitrogens with zero attached hydrogens (tertiary/aromatic N) is 1. The second kappa shape index (κ2) is 6.00. The van der Waals surface area contributed by atoms with Crippen LogP contribution in [0, 0.1) is 5.92 Å². The monoisotopic (exact) mass is 241 g/mol. The molecule has 5 heteroatoms. The van der Waals surface area contributed by atoms with Gasteiger partial charge in [0, 0.05) is 6.54 Å². The Labute approximate surface area is 103 Å². The number of nitrogens with two attached hydrogens (primary N) is 1. The van der Waals surface area contributed by atoms with Crippen LogP contribution in [-0.4, -0.2) is 42.4 Å². The third-order valence-corrected chi connectivity index (χ3v) is 3.22. The van der Waals surface area contributed by atoms with E-state index in [9.17, 15) is 9.59 Å². The summed E-state index contributed by atoms with van der Waals surface area (Å²) >= 11 is 0.